The van der Waals surface area contributed by atoms with Gasteiger partial charge >= 0.3 is 0 Å². The molecule has 7 nitrogen and oxygen atoms in total. The summed E-state index contributed by atoms with van der Waals surface area (Å²) in [5.74, 6) is 1.49. The van der Waals surface area contributed by atoms with Gasteiger partial charge in [0.15, 0.2) is 0 Å². The number of hydrogen-bond acceptors (Lipinski definition) is 6. The lowest BCUT2D eigenvalue weighted by molar-refractivity contribution is -0.137. The summed E-state index contributed by atoms with van der Waals surface area (Å²) in [4.78, 5) is 24.4. The maximum absolute atomic E-state index is 13.3. The fourth-order valence-electron chi connectivity index (χ4n) is 4.85. The minimum absolute atomic E-state index is 0.0194. The van der Waals surface area contributed by atoms with Gasteiger partial charge in [0.25, 0.3) is 0 Å². The van der Waals surface area contributed by atoms with Crippen LogP contribution >= 0.6 is 11.6 Å². The van der Waals surface area contributed by atoms with Crippen molar-refractivity contribution >= 4 is 23.2 Å². The number of benzene rings is 2. The highest BCUT2D eigenvalue weighted by atomic mass is 35.5. The number of piperidine rings is 1. The lowest BCUT2D eigenvalue weighted by atomic mass is 9.96. The minimum Gasteiger partial charge on any atom is -0.368 e. The third-order valence-corrected chi connectivity index (χ3v) is 6.99. The molecule has 0 spiro atoms. The molecule has 8 heteroatoms. The Kier molecular flexibility index (Phi) is 6.83. The molecule has 0 radical (unpaired) electrons. The van der Waals surface area contributed by atoms with Crippen molar-refractivity contribution < 1.29 is 9.32 Å². The molecule has 1 aromatic heterocycles. The molecular formula is C26H30ClN5O2. The van der Waals surface area contributed by atoms with E-state index in [0.717, 1.165) is 68.4 Å². The van der Waals surface area contributed by atoms with Crippen LogP contribution in [0.2, 0.25) is 5.02 Å². The minimum atomic E-state index is 0.0194. The smallest absolute Gasteiger partial charge is 0.241 e. The highest BCUT2D eigenvalue weighted by molar-refractivity contribution is 6.30. The van der Waals surface area contributed by atoms with Crippen LogP contribution in [-0.4, -0.2) is 65.1 Å². The quantitative estimate of drug-likeness (QED) is 0.544. The highest BCUT2D eigenvalue weighted by Gasteiger charge is 2.31. The zero-order chi connectivity index (χ0) is 23.5. The van der Waals surface area contributed by atoms with E-state index in [4.69, 9.17) is 16.1 Å². The standard InChI is InChI=1S/C26H30ClN5O2/c1-19-7-9-20(10-8-19)25-28-24(34-29-25)18-30-11-3-4-21(17-30)26(33)32-14-12-31(13-15-32)23-6-2-5-22(27)16-23/h2,5-10,16,21H,3-4,11-15,17-18H2,1H3. The van der Waals surface area contributed by atoms with Gasteiger partial charge in [-0.2, -0.15) is 4.98 Å². The normalized spacial score (nSPS) is 19.4. The number of halogens is 1. The Bertz CT molecular complexity index is 1120. The van der Waals surface area contributed by atoms with Crippen molar-refractivity contribution in [3.8, 4) is 11.4 Å². The van der Waals surface area contributed by atoms with Crippen LogP contribution in [0.4, 0.5) is 5.69 Å². The van der Waals surface area contributed by atoms with E-state index in [1.807, 2.05) is 47.4 Å². The number of piperazine rings is 1. The second kappa shape index (κ2) is 10.2. The predicted octanol–water partition coefficient (Wildman–Crippen LogP) is 4.26. The van der Waals surface area contributed by atoms with Crippen LogP contribution in [-0.2, 0) is 11.3 Å². The Morgan fingerprint density at radius 1 is 1.09 bits per heavy atom. The second-order valence-electron chi connectivity index (χ2n) is 9.24. The van der Waals surface area contributed by atoms with Crippen molar-refractivity contribution in [2.24, 2.45) is 5.92 Å². The first-order valence-electron chi connectivity index (χ1n) is 12.0. The van der Waals surface area contributed by atoms with E-state index in [1.165, 1.54) is 5.56 Å². The van der Waals surface area contributed by atoms with Crippen LogP contribution in [0, 0.1) is 12.8 Å². The molecule has 2 aliphatic rings. The van der Waals surface area contributed by atoms with E-state index in [0.29, 0.717) is 18.3 Å². The summed E-state index contributed by atoms with van der Waals surface area (Å²) in [7, 11) is 0. The summed E-state index contributed by atoms with van der Waals surface area (Å²) in [6, 6.07) is 16.0. The first-order chi connectivity index (χ1) is 16.5. The number of aryl methyl sites for hydroxylation is 1. The Morgan fingerprint density at radius 3 is 2.65 bits per heavy atom. The number of anilines is 1. The Morgan fingerprint density at radius 2 is 1.88 bits per heavy atom. The predicted molar refractivity (Wildman–Crippen MR) is 133 cm³/mol. The van der Waals surface area contributed by atoms with Gasteiger partial charge in [0.1, 0.15) is 0 Å². The highest BCUT2D eigenvalue weighted by Crippen LogP contribution is 2.24. The largest absolute Gasteiger partial charge is 0.368 e. The topological polar surface area (TPSA) is 65.7 Å². The molecular weight excluding hydrogens is 450 g/mol. The molecule has 2 aromatic carbocycles. The number of hydrogen-bond donors (Lipinski definition) is 0. The molecule has 2 fully saturated rings. The number of carbonyl (C=O) groups is 1. The number of aromatic nitrogens is 2. The number of amides is 1. The lowest BCUT2D eigenvalue weighted by Gasteiger charge is -2.39. The molecule has 2 aliphatic heterocycles. The molecule has 1 unspecified atom stereocenters. The first-order valence-corrected chi connectivity index (χ1v) is 12.3. The number of likely N-dealkylation sites (tertiary alicyclic amines) is 1. The van der Waals surface area contributed by atoms with Gasteiger partial charge in [-0.1, -0.05) is 52.7 Å². The van der Waals surface area contributed by atoms with Gasteiger partial charge in [-0.05, 0) is 44.5 Å². The molecule has 0 bridgehead atoms. The van der Waals surface area contributed by atoms with Crippen molar-refractivity contribution in [1.29, 1.82) is 0 Å². The monoisotopic (exact) mass is 479 g/mol. The number of rotatable bonds is 5. The molecule has 0 N–H and O–H groups in total. The van der Waals surface area contributed by atoms with Crippen molar-refractivity contribution in [3.63, 3.8) is 0 Å². The Balaban J connectivity index is 1.15. The Hall–Kier alpha value is -2.90. The van der Waals surface area contributed by atoms with Gasteiger partial charge in [-0.3, -0.25) is 9.69 Å². The molecule has 3 aromatic rings. The zero-order valence-corrected chi connectivity index (χ0v) is 20.2. The third kappa shape index (κ3) is 5.26. The maximum Gasteiger partial charge on any atom is 0.241 e. The molecule has 0 aliphatic carbocycles. The van der Waals surface area contributed by atoms with Gasteiger partial charge in [0.05, 0.1) is 12.5 Å². The summed E-state index contributed by atoms with van der Waals surface area (Å²) >= 11 is 6.14. The van der Waals surface area contributed by atoms with Gasteiger partial charge in [0, 0.05) is 49.0 Å². The molecule has 1 atom stereocenters. The molecule has 34 heavy (non-hydrogen) atoms. The van der Waals surface area contributed by atoms with E-state index < -0.39 is 0 Å². The van der Waals surface area contributed by atoms with Crippen molar-refractivity contribution in [2.75, 3.05) is 44.2 Å². The van der Waals surface area contributed by atoms with E-state index in [9.17, 15) is 4.79 Å². The lowest BCUT2D eigenvalue weighted by Crippen LogP contribution is -2.52. The van der Waals surface area contributed by atoms with E-state index in [-0.39, 0.29) is 11.8 Å². The van der Waals surface area contributed by atoms with Crippen molar-refractivity contribution in [1.82, 2.24) is 19.9 Å². The summed E-state index contributed by atoms with van der Waals surface area (Å²) in [6.45, 7) is 7.43. The molecule has 178 valence electrons. The number of nitrogens with zero attached hydrogens (tertiary/aromatic N) is 5. The molecule has 1 amide bonds. The SMILES string of the molecule is Cc1ccc(-c2noc(CN3CCCC(C(=O)N4CCN(c5cccc(Cl)c5)CC4)C3)n2)cc1. The average molecular weight is 480 g/mol. The van der Waals surface area contributed by atoms with Gasteiger partial charge in [-0.25, -0.2) is 0 Å². The average Bonchev–Trinajstić information content (AvgIpc) is 3.33. The van der Waals surface area contributed by atoms with Crippen molar-refractivity contribution in [2.45, 2.75) is 26.3 Å². The fraction of sp³-hybridized carbons (Fsp3) is 0.423. The summed E-state index contributed by atoms with van der Waals surface area (Å²) in [5, 5.41) is 4.89. The molecule has 3 heterocycles. The van der Waals surface area contributed by atoms with E-state index in [2.05, 4.69) is 32.9 Å². The van der Waals surface area contributed by atoms with E-state index >= 15 is 0 Å². The van der Waals surface area contributed by atoms with Crippen LogP contribution in [0.1, 0.15) is 24.3 Å². The van der Waals surface area contributed by atoms with Crippen LogP contribution in [0.5, 0.6) is 0 Å². The summed E-state index contributed by atoms with van der Waals surface area (Å²) < 4.78 is 5.51. The van der Waals surface area contributed by atoms with Crippen LogP contribution in [0.3, 0.4) is 0 Å². The summed E-state index contributed by atoms with van der Waals surface area (Å²) in [5.41, 5.74) is 3.26. The van der Waals surface area contributed by atoms with Gasteiger partial charge in [0.2, 0.25) is 17.6 Å². The van der Waals surface area contributed by atoms with Crippen LogP contribution in [0.15, 0.2) is 53.1 Å². The molecule has 0 saturated carbocycles. The Labute approximate surface area is 205 Å². The molecule has 5 rings (SSSR count). The molecule has 2 saturated heterocycles. The van der Waals surface area contributed by atoms with Gasteiger partial charge in [-0.15, -0.1) is 0 Å². The van der Waals surface area contributed by atoms with Crippen LogP contribution in [0.25, 0.3) is 11.4 Å². The fourth-order valence-corrected chi connectivity index (χ4v) is 5.03. The van der Waals surface area contributed by atoms with Crippen molar-refractivity contribution in [3.05, 3.63) is 65.0 Å². The maximum atomic E-state index is 13.3. The van der Waals surface area contributed by atoms with Crippen LogP contribution < -0.4 is 4.90 Å². The second-order valence-corrected chi connectivity index (χ2v) is 9.68. The third-order valence-electron chi connectivity index (χ3n) is 6.76. The summed E-state index contributed by atoms with van der Waals surface area (Å²) in [6.07, 6.45) is 1.93. The zero-order valence-electron chi connectivity index (χ0n) is 19.5. The first kappa shape index (κ1) is 22.9. The number of carbonyl (C=O) groups excluding carboxylic acids is 1. The van der Waals surface area contributed by atoms with Gasteiger partial charge < -0.3 is 14.3 Å². The van der Waals surface area contributed by atoms with E-state index in [1.54, 1.807) is 0 Å².